The Kier molecular flexibility index (Phi) is 8.37. The molecule has 0 aliphatic rings. The van der Waals surface area contributed by atoms with Gasteiger partial charge in [0.2, 0.25) is 0 Å². The number of fused-ring (bicyclic) bond motifs is 10. The third-order valence-corrected chi connectivity index (χ3v) is 16.5. The fourth-order valence-corrected chi connectivity index (χ4v) is 13.9. The maximum atomic E-state index is 2.52. The molecule has 0 saturated carbocycles. The van der Waals surface area contributed by atoms with E-state index in [4.69, 9.17) is 0 Å². The second-order valence-corrected chi connectivity index (χ2v) is 19.7. The molecule has 0 spiro atoms. The number of hydrogen-bond acceptors (Lipinski definition) is 0. The molecule has 1 nitrogen and oxygen atoms in total. The molecule has 0 bridgehead atoms. The Hall–Kier alpha value is -8.00. The van der Waals surface area contributed by atoms with Crippen molar-refractivity contribution in [2.75, 3.05) is 0 Å². The fourth-order valence-electron chi connectivity index (χ4n) is 11.2. The zero-order valence-electron chi connectivity index (χ0n) is 35.9. The van der Waals surface area contributed by atoms with E-state index in [9.17, 15) is 0 Å². The van der Waals surface area contributed by atoms with E-state index in [1.54, 1.807) is 0 Å². The predicted molar refractivity (Wildman–Crippen MR) is 285 cm³/mol. The molecule has 2 heterocycles. The number of rotatable bonds is 5. The minimum atomic E-state index is 0.0947. The van der Waals surface area contributed by atoms with E-state index < -0.39 is 0 Å². The van der Waals surface area contributed by atoms with Gasteiger partial charge in [-0.05, 0) is 18.2 Å². The SMILES string of the molecule is c1ccc(-c2c3ccccc3c(-c3cccc4c3[se]c3cc(-c5c6ccccc6c(-c6ccc7c(c6)c6ccccc6n7-c6ccccc6)c6ccccc56)ccc34)c3ccccc23)cc1. The van der Waals surface area contributed by atoms with Gasteiger partial charge in [-0.25, -0.2) is 0 Å². The van der Waals surface area contributed by atoms with Crippen molar-refractivity contribution in [1.29, 1.82) is 0 Å². The summed E-state index contributed by atoms with van der Waals surface area (Å²) in [4.78, 5) is 0. The molecule has 14 aromatic rings. The van der Waals surface area contributed by atoms with Gasteiger partial charge in [0.25, 0.3) is 0 Å². The Balaban J connectivity index is 0.975. The van der Waals surface area contributed by atoms with Crippen LogP contribution >= 0.6 is 0 Å². The minimum absolute atomic E-state index is 0.0947. The van der Waals surface area contributed by atoms with Gasteiger partial charge in [-0.2, -0.15) is 0 Å². The van der Waals surface area contributed by atoms with Crippen LogP contribution in [0.3, 0.4) is 0 Å². The van der Waals surface area contributed by atoms with Crippen LogP contribution in [-0.4, -0.2) is 19.1 Å². The molecule has 0 saturated heterocycles. The van der Waals surface area contributed by atoms with Crippen LogP contribution in [0.15, 0.2) is 237 Å². The molecule has 0 aliphatic heterocycles. The molecule has 2 aromatic heterocycles. The summed E-state index contributed by atoms with van der Waals surface area (Å²) in [6, 6.07) is 88.1. The van der Waals surface area contributed by atoms with Crippen LogP contribution in [0, 0.1) is 0 Å². The fraction of sp³-hybridized carbons (Fsp3) is 0. The zero-order valence-corrected chi connectivity index (χ0v) is 37.6. The van der Waals surface area contributed by atoms with Crippen LogP contribution in [0.25, 0.3) is 134 Å². The van der Waals surface area contributed by atoms with E-state index in [1.165, 1.54) is 134 Å². The Morgan fingerprint density at radius 3 is 1.29 bits per heavy atom. The molecule has 306 valence electrons. The van der Waals surface area contributed by atoms with E-state index in [2.05, 4.69) is 241 Å². The van der Waals surface area contributed by atoms with Gasteiger partial charge >= 0.3 is 336 Å². The molecule has 12 aromatic carbocycles. The van der Waals surface area contributed by atoms with Gasteiger partial charge in [-0.3, -0.25) is 0 Å². The van der Waals surface area contributed by atoms with Crippen molar-refractivity contribution in [2.24, 2.45) is 0 Å². The topological polar surface area (TPSA) is 4.93 Å². The summed E-state index contributed by atoms with van der Waals surface area (Å²) < 4.78 is 5.31. The quantitative estimate of drug-likeness (QED) is 0.120. The van der Waals surface area contributed by atoms with Crippen molar-refractivity contribution in [1.82, 2.24) is 4.57 Å². The van der Waals surface area contributed by atoms with Gasteiger partial charge < -0.3 is 0 Å². The van der Waals surface area contributed by atoms with Crippen molar-refractivity contribution < 1.29 is 0 Å². The predicted octanol–water partition coefficient (Wildman–Crippen LogP) is 17.4. The van der Waals surface area contributed by atoms with Gasteiger partial charge in [-0.1, -0.05) is 30.3 Å². The number of nitrogens with zero attached hydrogens (tertiary/aromatic N) is 1. The van der Waals surface area contributed by atoms with Crippen LogP contribution in [0.5, 0.6) is 0 Å². The van der Waals surface area contributed by atoms with E-state index in [0.717, 1.165) is 0 Å². The third-order valence-electron chi connectivity index (χ3n) is 14.0. The molecule has 0 radical (unpaired) electrons. The number of aromatic nitrogens is 1. The first kappa shape index (κ1) is 37.4. The first-order chi connectivity index (χ1) is 32.8. The van der Waals surface area contributed by atoms with Gasteiger partial charge in [0.15, 0.2) is 0 Å². The van der Waals surface area contributed by atoms with Crippen LogP contribution in [-0.2, 0) is 0 Å². The average molecular weight is 901 g/mol. The van der Waals surface area contributed by atoms with Crippen LogP contribution in [0.4, 0.5) is 0 Å². The van der Waals surface area contributed by atoms with E-state index in [1.807, 2.05) is 0 Å². The van der Waals surface area contributed by atoms with E-state index in [-0.39, 0.29) is 14.5 Å². The summed E-state index contributed by atoms with van der Waals surface area (Å²) >= 11 is 0.0947. The Morgan fingerprint density at radius 2 is 0.697 bits per heavy atom. The molecular formula is C64H39NSe. The van der Waals surface area contributed by atoms with Gasteiger partial charge in [-0.15, -0.1) is 0 Å². The summed E-state index contributed by atoms with van der Waals surface area (Å²) in [6.07, 6.45) is 0. The van der Waals surface area contributed by atoms with E-state index in [0.29, 0.717) is 0 Å². The van der Waals surface area contributed by atoms with Crippen molar-refractivity contribution >= 4 is 98.7 Å². The van der Waals surface area contributed by atoms with E-state index >= 15 is 0 Å². The van der Waals surface area contributed by atoms with Crippen LogP contribution < -0.4 is 0 Å². The summed E-state index contributed by atoms with van der Waals surface area (Å²) in [5.41, 5.74) is 13.9. The second kappa shape index (κ2) is 14.8. The molecule has 14 rings (SSSR count). The van der Waals surface area contributed by atoms with Crippen molar-refractivity contribution in [3.05, 3.63) is 237 Å². The average Bonchev–Trinajstić information content (AvgIpc) is 3.93. The van der Waals surface area contributed by atoms with Crippen molar-refractivity contribution in [3.63, 3.8) is 0 Å². The maximum absolute atomic E-state index is 2.52. The molecule has 2 heteroatoms. The first-order valence-corrected chi connectivity index (χ1v) is 24.5. The summed E-state index contributed by atoms with van der Waals surface area (Å²) in [5, 5.41) is 15.5. The summed E-state index contributed by atoms with van der Waals surface area (Å²) in [6.45, 7) is 0. The summed E-state index contributed by atoms with van der Waals surface area (Å²) in [5.74, 6) is 0. The molecule has 0 N–H and O–H groups in total. The standard InChI is InChI=1S/C64H39NSe/c1-3-18-40(19-4-1)60-50-27-11-13-29-52(50)63(53-30-14-12-28-51(53)60)55-32-17-31-54-45-36-34-42(39-59(45)66-64(54)55)62-48-25-9-7-23-46(48)61(47-24-8-10-26-49(47)62)41-35-37-58-56(38-41)44-22-15-16-33-57(44)65(58)43-20-5-2-6-21-43/h1-39H. The Labute approximate surface area is 387 Å². The normalized spacial score (nSPS) is 11.9. The van der Waals surface area contributed by atoms with Gasteiger partial charge in [0, 0.05) is 5.69 Å². The first-order valence-electron chi connectivity index (χ1n) is 22.8. The van der Waals surface area contributed by atoms with Crippen molar-refractivity contribution in [3.8, 4) is 50.2 Å². The van der Waals surface area contributed by atoms with Crippen molar-refractivity contribution in [2.45, 2.75) is 0 Å². The molecule has 0 amide bonds. The van der Waals surface area contributed by atoms with Gasteiger partial charge in [0.05, 0.1) is 0 Å². The molecule has 0 fully saturated rings. The molecule has 0 unspecified atom stereocenters. The number of benzene rings is 12. The molecule has 0 atom stereocenters. The zero-order chi connectivity index (χ0) is 43.3. The third kappa shape index (κ3) is 5.53. The van der Waals surface area contributed by atoms with Gasteiger partial charge in [0.1, 0.15) is 0 Å². The molecule has 0 aliphatic carbocycles. The Bertz CT molecular complexity index is 4160. The number of hydrogen-bond donors (Lipinski definition) is 0. The molecular weight excluding hydrogens is 862 g/mol. The monoisotopic (exact) mass is 901 g/mol. The number of para-hydroxylation sites is 2. The second-order valence-electron chi connectivity index (χ2n) is 17.5. The molecule has 66 heavy (non-hydrogen) atoms. The summed E-state index contributed by atoms with van der Waals surface area (Å²) in [7, 11) is 0. The van der Waals surface area contributed by atoms with Crippen LogP contribution in [0.1, 0.15) is 0 Å². The van der Waals surface area contributed by atoms with Crippen LogP contribution in [0.2, 0.25) is 0 Å². The Morgan fingerprint density at radius 1 is 0.258 bits per heavy atom.